The first-order valence-electron chi connectivity index (χ1n) is 35.1. The molecule has 0 N–H and O–H groups in total. The van der Waals surface area contributed by atoms with E-state index in [1.807, 2.05) is 0 Å². The minimum Gasteiger partial charge on any atom is -0.462 e. The van der Waals surface area contributed by atoms with Crippen molar-refractivity contribution in [2.45, 2.75) is 361 Å². The largest absolute Gasteiger partial charge is 0.462 e. The van der Waals surface area contributed by atoms with E-state index in [-0.39, 0.29) is 31.1 Å². The molecule has 0 spiro atoms. The monoisotopic (exact) mass is 1130 g/mol. The first-order valence-corrected chi connectivity index (χ1v) is 35.1. The summed E-state index contributed by atoms with van der Waals surface area (Å²) in [5.74, 6) is -0.870. The van der Waals surface area contributed by atoms with Crippen molar-refractivity contribution in [3.63, 3.8) is 0 Å². The molecular weight excluding hydrogens is 997 g/mol. The molecule has 0 fully saturated rings. The summed E-state index contributed by atoms with van der Waals surface area (Å²) < 4.78 is 17.0. The van der Waals surface area contributed by atoms with Crippen molar-refractivity contribution in [2.75, 3.05) is 13.2 Å². The van der Waals surface area contributed by atoms with E-state index in [1.165, 1.54) is 199 Å². The van der Waals surface area contributed by atoms with Crippen molar-refractivity contribution in [2.24, 2.45) is 0 Å². The van der Waals surface area contributed by atoms with Crippen molar-refractivity contribution >= 4 is 17.9 Å². The van der Waals surface area contributed by atoms with E-state index in [4.69, 9.17) is 14.2 Å². The van der Waals surface area contributed by atoms with E-state index in [9.17, 15) is 14.4 Å². The zero-order valence-electron chi connectivity index (χ0n) is 53.8. The maximum atomic E-state index is 12.9. The summed E-state index contributed by atoms with van der Waals surface area (Å²) >= 11 is 0. The SMILES string of the molecule is CC/C=C\C/C=C\C/C=C\C/C=C\C/C=C\CCCCCCCCCCCCCCCCCCCC(=O)OCC(COC(=O)CCCCCCC/C=C\C/C=C\CCC)OC(=O)CCCCCCCCCCCCCCCCCCC. The number of carbonyl (C=O) groups excluding carboxylic acids is 3. The normalized spacial score (nSPS) is 12.6. The molecule has 0 saturated carbocycles. The van der Waals surface area contributed by atoms with Gasteiger partial charge in [0.1, 0.15) is 13.2 Å². The number of hydrogen-bond acceptors (Lipinski definition) is 6. The van der Waals surface area contributed by atoms with E-state index in [0.717, 1.165) is 116 Å². The molecule has 0 aliphatic carbocycles. The molecule has 81 heavy (non-hydrogen) atoms. The second-order valence-corrected chi connectivity index (χ2v) is 23.4. The second-order valence-electron chi connectivity index (χ2n) is 23.4. The van der Waals surface area contributed by atoms with Gasteiger partial charge in [0.05, 0.1) is 0 Å². The van der Waals surface area contributed by atoms with Gasteiger partial charge in [0.15, 0.2) is 6.10 Å². The fourth-order valence-electron chi connectivity index (χ4n) is 10.2. The van der Waals surface area contributed by atoms with Gasteiger partial charge in [-0.3, -0.25) is 14.4 Å². The van der Waals surface area contributed by atoms with Gasteiger partial charge in [0, 0.05) is 19.3 Å². The molecule has 6 nitrogen and oxygen atoms in total. The molecule has 0 radical (unpaired) electrons. The Morgan fingerprint density at radius 3 is 0.802 bits per heavy atom. The molecule has 1 unspecified atom stereocenters. The zero-order chi connectivity index (χ0) is 58.5. The highest BCUT2D eigenvalue weighted by Gasteiger charge is 2.19. The van der Waals surface area contributed by atoms with Crippen LogP contribution in [0.3, 0.4) is 0 Å². The van der Waals surface area contributed by atoms with Crippen molar-refractivity contribution in [3.8, 4) is 0 Å². The fourth-order valence-corrected chi connectivity index (χ4v) is 10.2. The average molecular weight is 1130 g/mol. The first-order chi connectivity index (χ1) is 40.0. The van der Waals surface area contributed by atoms with Crippen molar-refractivity contribution in [3.05, 3.63) is 85.1 Å². The van der Waals surface area contributed by atoms with Gasteiger partial charge in [0.25, 0.3) is 0 Å². The maximum Gasteiger partial charge on any atom is 0.306 e. The number of carbonyl (C=O) groups is 3. The molecule has 0 bridgehead atoms. The lowest BCUT2D eigenvalue weighted by atomic mass is 10.0. The Morgan fingerprint density at radius 2 is 0.506 bits per heavy atom. The number of hydrogen-bond donors (Lipinski definition) is 0. The predicted molar refractivity (Wildman–Crippen MR) is 353 cm³/mol. The number of allylic oxidation sites excluding steroid dienone is 14. The Kier molecular flexibility index (Phi) is 66.2. The highest BCUT2D eigenvalue weighted by atomic mass is 16.6. The topological polar surface area (TPSA) is 78.9 Å². The zero-order valence-corrected chi connectivity index (χ0v) is 53.8. The highest BCUT2D eigenvalue weighted by molar-refractivity contribution is 5.71. The number of unbranched alkanes of at least 4 members (excludes halogenated alkanes) is 39. The van der Waals surface area contributed by atoms with Crippen LogP contribution in [0.25, 0.3) is 0 Å². The van der Waals surface area contributed by atoms with Crippen LogP contribution in [0.15, 0.2) is 85.1 Å². The lowest BCUT2D eigenvalue weighted by Crippen LogP contribution is -2.30. The van der Waals surface area contributed by atoms with Crippen molar-refractivity contribution < 1.29 is 28.6 Å². The van der Waals surface area contributed by atoms with Crippen molar-refractivity contribution in [1.29, 1.82) is 0 Å². The van der Waals surface area contributed by atoms with Crippen LogP contribution in [0.2, 0.25) is 0 Å². The van der Waals surface area contributed by atoms with E-state index in [2.05, 4.69) is 106 Å². The smallest absolute Gasteiger partial charge is 0.306 e. The molecule has 0 aromatic rings. The molecule has 0 aromatic carbocycles. The van der Waals surface area contributed by atoms with E-state index >= 15 is 0 Å². The summed E-state index contributed by atoms with van der Waals surface area (Å²) in [5.41, 5.74) is 0. The molecule has 0 aromatic heterocycles. The third-order valence-electron chi connectivity index (χ3n) is 15.4. The molecule has 0 rings (SSSR count). The predicted octanol–water partition coefficient (Wildman–Crippen LogP) is 24.2. The van der Waals surface area contributed by atoms with Gasteiger partial charge in [-0.1, -0.05) is 331 Å². The van der Waals surface area contributed by atoms with Crippen LogP contribution < -0.4 is 0 Å². The average Bonchev–Trinajstić information content (AvgIpc) is 3.46. The van der Waals surface area contributed by atoms with Crippen LogP contribution in [-0.2, 0) is 28.6 Å². The Morgan fingerprint density at radius 1 is 0.259 bits per heavy atom. The molecule has 6 heteroatoms. The minimum absolute atomic E-state index is 0.0755. The van der Waals surface area contributed by atoms with Crippen LogP contribution in [0, 0.1) is 0 Å². The summed E-state index contributed by atoms with van der Waals surface area (Å²) in [6.07, 6.45) is 91.9. The fraction of sp³-hybridized carbons (Fsp3) is 0.773. The van der Waals surface area contributed by atoms with Crippen LogP contribution in [-0.4, -0.2) is 37.2 Å². The van der Waals surface area contributed by atoms with E-state index in [1.54, 1.807) is 0 Å². The molecule has 0 aliphatic rings. The van der Waals surface area contributed by atoms with Gasteiger partial charge in [-0.15, -0.1) is 0 Å². The van der Waals surface area contributed by atoms with Crippen LogP contribution >= 0.6 is 0 Å². The van der Waals surface area contributed by atoms with Gasteiger partial charge >= 0.3 is 17.9 Å². The lowest BCUT2D eigenvalue weighted by molar-refractivity contribution is -0.167. The number of ether oxygens (including phenoxy) is 3. The Balaban J connectivity index is 4.16. The lowest BCUT2D eigenvalue weighted by Gasteiger charge is -2.18. The summed E-state index contributed by atoms with van der Waals surface area (Å²) in [6, 6.07) is 0. The van der Waals surface area contributed by atoms with Crippen LogP contribution in [0.5, 0.6) is 0 Å². The summed E-state index contributed by atoms with van der Waals surface area (Å²) in [7, 11) is 0. The quantitative estimate of drug-likeness (QED) is 0.0261. The van der Waals surface area contributed by atoms with Crippen LogP contribution in [0.4, 0.5) is 0 Å². The Labute approximate surface area is 503 Å². The maximum absolute atomic E-state index is 12.9. The highest BCUT2D eigenvalue weighted by Crippen LogP contribution is 2.18. The number of rotatable bonds is 64. The number of esters is 3. The molecule has 468 valence electrons. The van der Waals surface area contributed by atoms with Gasteiger partial charge in [-0.25, -0.2) is 0 Å². The molecule has 1 atom stereocenters. The third-order valence-corrected chi connectivity index (χ3v) is 15.4. The summed E-state index contributed by atoms with van der Waals surface area (Å²) in [4.78, 5) is 38.4. The van der Waals surface area contributed by atoms with Crippen molar-refractivity contribution in [1.82, 2.24) is 0 Å². The van der Waals surface area contributed by atoms with E-state index in [0.29, 0.717) is 19.3 Å². The molecular formula is C75H132O6. The third kappa shape index (κ3) is 67.3. The standard InChI is InChI=1S/C75H132O6/c1-4-7-10-13-16-19-22-25-27-29-30-31-32-33-34-35-36-37-38-39-40-41-42-43-44-46-47-50-53-56-59-62-65-68-74(77)80-71-72(70-79-73(76)67-64-61-58-55-52-49-24-21-18-15-12-9-6-3)81-75(78)69-66-63-60-57-54-51-48-45-28-26-23-20-17-14-11-8-5-2/h7,10,12,15-16,19,21,24-25,27,30-31,33-34,72H,4-6,8-9,11,13-14,17-18,20,22-23,26,28-29,32,35-71H2,1-3H3/b10-7-,15-12-,19-16-,24-21-,27-25-,31-30-,34-33-. The molecule has 0 heterocycles. The van der Waals surface area contributed by atoms with Gasteiger partial charge < -0.3 is 14.2 Å². The second kappa shape index (κ2) is 69.1. The van der Waals surface area contributed by atoms with Gasteiger partial charge in [-0.2, -0.15) is 0 Å². The van der Waals surface area contributed by atoms with E-state index < -0.39 is 6.10 Å². The molecule has 0 saturated heterocycles. The van der Waals surface area contributed by atoms with Gasteiger partial charge in [0.2, 0.25) is 0 Å². The molecule has 0 amide bonds. The Hall–Kier alpha value is -3.41. The minimum atomic E-state index is -0.779. The Bertz CT molecular complexity index is 1530. The first kappa shape index (κ1) is 77.6. The van der Waals surface area contributed by atoms with Crippen LogP contribution in [0.1, 0.15) is 355 Å². The van der Waals surface area contributed by atoms with Gasteiger partial charge in [-0.05, 0) is 89.9 Å². The molecule has 0 aliphatic heterocycles. The summed E-state index contributed by atoms with van der Waals surface area (Å²) in [5, 5.41) is 0. The summed E-state index contributed by atoms with van der Waals surface area (Å²) in [6.45, 7) is 6.50.